The molecule has 3 saturated carbocycles. The molecule has 4 aliphatic carbocycles. The molecule has 1 heteroatoms. The molecule has 0 bridgehead atoms. The van der Waals surface area contributed by atoms with Gasteiger partial charge in [-0.3, -0.25) is 4.79 Å². The maximum Gasteiger partial charge on any atom is 0.136 e. The summed E-state index contributed by atoms with van der Waals surface area (Å²) in [5, 5.41) is 0. The summed E-state index contributed by atoms with van der Waals surface area (Å²) in [5.41, 5.74) is 0. The average Bonchev–Trinajstić information content (AvgIpc) is 2.52. The lowest BCUT2D eigenvalue weighted by Gasteiger charge is -2.41. The Balaban J connectivity index is 1.69. The third kappa shape index (κ3) is 1.10. The summed E-state index contributed by atoms with van der Waals surface area (Å²) >= 11 is 0. The second kappa shape index (κ2) is 3.21. The lowest BCUT2D eigenvalue weighted by atomic mass is 9.62. The van der Waals surface area contributed by atoms with Crippen molar-refractivity contribution in [2.45, 2.75) is 38.5 Å². The highest BCUT2D eigenvalue weighted by atomic mass is 16.1. The van der Waals surface area contributed by atoms with E-state index < -0.39 is 0 Å². The maximum atomic E-state index is 12.3. The Morgan fingerprint density at radius 3 is 2.81 bits per heavy atom. The lowest BCUT2D eigenvalue weighted by Crippen LogP contribution is -2.41. The normalized spacial score (nSPS) is 53.9. The molecule has 0 N–H and O–H groups in total. The molecule has 0 spiro atoms. The van der Waals surface area contributed by atoms with Gasteiger partial charge >= 0.3 is 0 Å². The third-order valence-electron chi connectivity index (χ3n) is 5.91. The fourth-order valence-electron chi connectivity index (χ4n) is 5.09. The third-order valence-corrected chi connectivity index (χ3v) is 5.91. The summed E-state index contributed by atoms with van der Waals surface area (Å²) in [6, 6.07) is 0. The van der Waals surface area contributed by atoms with E-state index in [-0.39, 0.29) is 0 Å². The first-order valence-corrected chi connectivity index (χ1v) is 7.04. The van der Waals surface area contributed by atoms with E-state index in [1.54, 1.807) is 0 Å². The molecule has 0 saturated heterocycles. The van der Waals surface area contributed by atoms with Crippen molar-refractivity contribution in [2.24, 2.45) is 35.5 Å². The van der Waals surface area contributed by atoms with Gasteiger partial charge in [0.15, 0.2) is 0 Å². The van der Waals surface area contributed by atoms with E-state index in [4.69, 9.17) is 0 Å². The number of ketones is 1. The van der Waals surface area contributed by atoms with Gasteiger partial charge in [-0.15, -0.1) is 0 Å². The zero-order valence-electron chi connectivity index (χ0n) is 9.77. The van der Waals surface area contributed by atoms with Crippen molar-refractivity contribution in [3.63, 3.8) is 0 Å². The van der Waals surface area contributed by atoms with Gasteiger partial charge in [-0.05, 0) is 61.7 Å². The number of fused-ring (bicyclic) bond motifs is 5. The number of hydrogen-bond donors (Lipinski definition) is 0. The maximum absolute atomic E-state index is 12.3. The second-order valence-electron chi connectivity index (χ2n) is 6.44. The Labute approximate surface area is 97.3 Å². The smallest absolute Gasteiger partial charge is 0.136 e. The minimum Gasteiger partial charge on any atom is -0.299 e. The molecule has 0 aromatic carbocycles. The molecule has 4 aliphatic rings. The molecule has 0 amide bonds. The number of Topliss-reactive ketones (excluding diaryl/α,β-unsaturated/α-hetero) is 1. The molecule has 0 aromatic heterocycles. The van der Waals surface area contributed by atoms with Gasteiger partial charge in [0.1, 0.15) is 5.78 Å². The molecule has 1 unspecified atom stereocenters. The summed E-state index contributed by atoms with van der Waals surface area (Å²) in [6.45, 7) is 0. The summed E-state index contributed by atoms with van der Waals surface area (Å²) in [6.07, 6.45) is 12.3. The summed E-state index contributed by atoms with van der Waals surface area (Å²) in [4.78, 5) is 12.3. The zero-order chi connectivity index (χ0) is 10.7. The molecule has 6 atom stereocenters. The molecule has 0 aliphatic heterocycles. The Morgan fingerprint density at radius 1 is 1.06 bits per heavy atom. The van der Waals surface area contributed by atoms with Crippen LogP contribution >= 0.6 is 0 Å². The van der Waals surface area contributed by atoms with Gasteiger partial charge in [0.25, 0.3) is 0 Å². The van der Waals surface area contributed by atoms with Gasteiger partial charge in [0, 0.05) is 12.3 Å². The van der Waals surface area contributed by atoms with Gasteiger partial charge in [0.05, 0.1) is 0 Å². The van der Waals surface area contributed by atoms with Crippen molar-refractivity contribution in [3.05, 3.63) is 12.2 Å². The molecule has 0 aromatic rings. The largest absolute Gasteiger partial charge is 0.299 e. The van der Waals surface area contributed by atoms with Crippen LogP contribution in [0.5, 0.6) is 0 Å². The molecule has 0 radical (unpaired) electrons. The quantitative estimate of drug-likeness (QED) is 0.568. The summed E-state index contributed by atoms with van der Waals surface area (Å²) < 4.78 is 0. The fraction of sp³-hybridized carbons (Fsp3) is 0.800. The first kappa shape index (κ1) is 9.44. The van der Waals surface area contributed by atoms with Crippen molar-refractivity contribution in [3.8, 4) is 0 Å². The van der Waals surface area contributed by atoms with Crippen LogP contribution in [0.4, 0.5) is 0 Å². The van der Waals surface area contributed by atoms with Crippen LogP contribution in [0, 0.1) is 35.5 Å². The first-order chi connectivity index (χ1) is 7.84. The molecule has 4 rings (SSSR count). The highest BCUT2D eigenvalue weighted by Gasteiger charge is 2.56. The van der Waals surface area contributed by atoms with Gasteiger partial charge in [-0.2, -0.15) is 0 Å². The molecule has 16 heavy (non-hydrogen) atoms. The number of rotatable bonds is 0. The van der Waals surface area contributed by atoms with Crippen molar-refractivity contribution in [1.29, 1.82) is 0 Å². The standard InChI is InChI=1S/C15H20O/c16-14-8-9-3-1-2-4-11(9)13-7-10-5-6-12(10)15(13)14/h2,4,9-13,15H,1,3,5-8H2/t9-,10-,11-,12-,13-,15?/m0/s1. The fourth-order valence-corrected chi connectivity index (χ4v) is 5.09. The van der Waals surface area contributed by atoms with Crippen LogP contribution < -0.4 is 0 Å². The van der Waals surface area contributed by atoms with E-state index in [9.17, 15) is 4.79 Å². The Hall–Kier alpha value is -0.590. The van der Waals surface area contributed by atoms with Crippen LogP contribution in [-0.2, 0) is 4.79 Å². The van der Waals surface area contributed by atoms with Crippen LogP contribution in [0.15, 0.2) is 12.2 Å². The first-order valence-electron chi connectivity index (χ1n) is 7.04. The summed E-state index contributed by atoms with van der Waals surface area (Å²) in [7, 11) is 0. The van der Waals surface area contributed by atoms with Crippen molar-refractivity contribution < 1.29 is 4.79 Å². The minimum absolute atomic E-state index is 0.475. The van der Waals surface area contributed by atoms with Crippen LogP contribution in [0.2, 0.25) is 0 Å². The van der Waals surface area contributed by atoms with Gasteiger partial charge in [-0.25, -0.2) is 0 Å². The second-order valence-corrected chi connectivity index (χ2v) is 6.44. The van der Waals surface area contributed by atoms with Crippen LogP contribution in [0.3, 0.4) is 0 Å². The molecular formula is C15H20O. The monoisotopic (exact) mass is 216 g/mol. The van der Waals surface area contributed by atoms with Gasteiger partial charge in [-0.1, -0.05) is 12.2 Å². The predicted octanol–water partition coefficient (Wildman–Crippen LogP) is 3.20. The van der Waals surface area contributed by atoms with Crippen molar-refractivity contribution >= 4 is 5.78 Å². The topological polar surface area (TPSA) is 17.1 Å². The van der Waals surface area contributed by atoms with Crippen LogP contribution in [0.25, 0.3) is 0 Å². The number of carbonyl (C=O) groups excluding carboxylic acids is 1. The Kier molecular flexibility index (Phi) is 1.89. The van der Waals surface area contributed by atoms with E-state index in [2.05, 4.69) is 12.2 Å². The minimum atomic E-state index is 0.475. The van der Waals surface area contributed by atoms with Crippen LogP contribution in [-0.4, -0.2) is 5.78 Å². The van der Waals surface area contributed by atoms with Crippen LogP contribution in [0.1, 0.15) is 38.5 Å². The van der Waals surface area contributed by atoms with Crippen molar-refractivity contribution in [1.82, 2.24) is 0 Å². The van der Waals surface area contributed by atoms with E-state index in [0.717, 1.165) is 30.1 Å². The van der Waals surface area contributed by atoms with Gasteiger partial charge < -0.3 is 0 Å². The highest BCUT2D eigenvalue weighted by Crippen LogP contribution is 2.60. The lowest BCUT2D eigenvalue weighted by molar-refractivity contribution is -0.131. The molecule has 3 fully saturated rings. The van der Waals surface area contributed by atoms with E-state index >= 15 is 0 Å². The van der Waals surface area contributed by atoms with E-state index in [0.29, 0.717) is 17.6 Å². The summed E-state index contributed by atoms with van der Waals surface area (Å²) in [5.74, 6) is 5.04. The molecular weight excluding hydrogens is 196 g/mol. The Morgan fingerprint density at radius 2 is 2.00 bits per heavy atom. The van der Waals surface area contributed by atoms with Crippen molar-refractivity contribution in [2.75, 3.05) is 0 Å². The molecule has 1 nitrogen and oxygen atoms in total. The average molecular weight is 216 g/mol. The SMILES string of the molecule is O=C1C[C@@H]2CCC=C[C@@H]2[C@@H]2C[C@@H]3CC[C@@H]3C12. The zero-order valence-corrected chi connectivity index (χ0v) is 9.77. The van der Waals surface area contributed by atoms with E-state index in [1.807, 2.05) is 0 Å². The Bertz CT molecular complexity index is 356. The number of hydrogen-bond acceptors (Lipinski definition) is 1. The number of carbonyl (C=O) groups is 1. The number of allylic oxidation sites excluding steroid dienone is 2. The highest BCUT2D eigenvalue weighted by molar-refractivity contribution is 5.83. The predicted molar refractivity (Wildman–Crippen MR) is 62.8 cm³/mol. The van der Waals surface area contributed by atoms with Gasteiger partial charge in [0.2, 0.25) is 0 Å². The molecule has 0 heterocycles. The van der Waals surface area contributed by atoms with E-state index in [1.165, 1.54) is 32.1 Å². The molecule has 86 valence electrons.